The van der Waals surface area contributed by atoms with Crippen LogP contribution in [0.4, 0.5) is 11.8 Å². The second-order valence-electron chi connectivity index (χ2n) is 4.77. The standard InChI is InChI=1S/C11H18N4O/c1-8-7-11(2,16)4-6-15(8)10-13-5-3-9(12)14-10/h3,5,8,16H,4,6-7H2,1-2H3,(H2,12,13,14). The first-order valence-corrected chi connectivity index (χ1v) is 5.55. The molecule has 0 saturated carbocycles. The highest BCUT2D eigenvalue weighted by atomic mass is 16.3. The molecule has 1 aromatic heterocycles. The molecule has 1 aromatic rings. The second-order valence-corrected chi connectivity index (χ2v) is 4.77. The van der Waals surface area contributed by atoms with Gasteiger partial charge < -0.3 is 15.7 Å². The molecule has 0 bridgehead atoms. The SMILES string of the molecule is CC1CC(C)(O)CCN1c1nccc(N)n1. The second kappa shape index (κ2) is 3.90. The topological polar surface area (TPSA) is 75.3 Å². The Morgan fingerprint density at radius 3 is 3.00 bits per heavy atom. The third kappa shape index (κ3) is 2.24. The van der Waals surface area contributed by atoms with Crippen LogP contribution in [0.2, 0.25) is 0 Å². The van der Waals surface area contributed by atoms with Crippen molar-refractivity contribution in [2.24, 2.45) is 0 Å². The van der Waals surface area contributed by atoms with E-state index in [9.17, 15) is 5.11 Å². The summed E-state index contributed by atoms with van der Waals surface area (Å²) in [5.41, 5.74) is 5.06. The summed E-state index contributed by atoms with van der Waals surface area (Å²) in [4.78, 5) is 10.5. The number of nitrogen functional groups attached to an aromatic ring is 1. The number of hydrogen-bond donors (Lipinski definition) is 2. The quantitative estimate of drug-likeness (QED) is 0.735. The van der Waals surface area contributed by atoms with E-state index in [0.29, 0.717) is 11.8 Å². The zero-order valence-electron chi connectivity index (χ0n) is 9.72. The maximum atomic E-state index is 9.97. The van der Waals surface area contributed by atoms with Crippen molar-refractivity contribution in [2.45, 2.75) is 38.3 Å². The van der Waals surface area contributed by atoms with Gasteiger partial charge in [-0.05, 0) is 32.8 Å². The zero-order valence-corrected chi connectivity index (χ0v) is 9.72. The molecule has 0 amide bonds. The number of nitrogens with two attached hydrogens (primary N) is 1. The van der Waals surface area contributed by atoms with Crippen molar-refractivity contribution in [1.29, 1.82) is 0 Å². The van der Waals surface area contributed by atoms with Crippen LogP contribution in [0, 0.1) is 0 Å². The zero-order chi connectivity index (χ0) is 11.8. The lowest BCUT2D eigenvalue weighted by Crippen LogP contribution is -2.48. The van der Waals surface area contributed by atoms with E-state index in [1.165, 1.54) is 0 Å². The van der Waals surface area contributed by atoms with Gasteiger partial charge in [0.05, 0.1) is 5.60 Å². The lowest BCUT2D eigenvalue weighted by atomic mass is 9.89. The Labute approximate surface area is 95.3 Å². The third-order valence-electron chi connectivity index (χ3n) is 3.08. The van der Waals surface area contributed by atoms with Gasteiger partial charge in [0.25, 0.3) is 0 Å². The van der Waals surface area contributed by atoms with E-state index in [2.05, 4.69) is 21.8 Å². The predicted molar refractivity (Wildman–Crippen MR) is 63.1 cm³/mol. The minimum atomic E-state index is -0.573. The van der Waals surface area contributed by atoms with Crippen molar-refractivity contribution in [1.82, 2.24) is 9.97 Å². The largest absolute Gasteiger partial charge is 0.390 e. The average Bonchev–Trinajstić information content (AvgIpc) is 2.15. The molecule has 1 aliphatic rings. The van der Waals surface area contributed by atoms with E-state index in [4.69, 9.17) is 5.73 Å². The van der Waals surface area contributed by atoms with E-state index in [-0.39, 0.29) is 6.04 Å². The Morgan fingerprint density at radius 1 is 1.62 bits per heavy atom. The summed E-state index contributed by atoms with van der Waals surface area (Å²) in [5, 5.41) is 9.97. The lowest BCUT2D eigenvalue weighted by molar-refractivity contribution is 0.0238. The van der Waals surface area contributed by atoms with Crippen molar-refractivity contribution >= 4 is 11.8 Å². The summed E-state index contributed by atoms with van der Waals surface area (Å²) in [5.74, 6) is 1.14. The van der Waals surface area contributed by atoms with Gasteiger partial charge in [0.2, 0.25) is 5.95 Å². The summed E-state index contributed by atoms with van der Waals surface area (Å²) >= 11 is 0. The van der Waals surface area contributed by atoms with Crippen LogP contribution >= 0.6 is 0 Å². The van der Waals surface area contributed by atoms with Crippen LogP contribution in [0.25, 0.3) is 0 Å². The number of anilines is 2. The Hall–Kier alpha value is -1.36. The van der Waals surface area contributed by atoms with E-state index in [1.807, 2.05) is 6.92 Å². The minimum Gasteiger partial charge on any atom is -0.390 e. The van der Waals surface area contributed by atoms with Crippen molar-refractivity contribution in [3.63, 3.8) is 0 Å². The summed E-state index contributed by atoms with van der Waals surface area (Å²) in [7, 11) is 0. The van der Waals surface area contributed by atoms with Gasteiger partial charge >= 0.3 is 0 Å². The van der Waals surface area contributed by atoms with Gasteiger partial charge in [-0.15, -0.1) is 0 Å². The summed E-state index contributed by atoms with van der Waals surface area (Å²) in [6.45, 7) is 4.71. The van der Waals surface area contributed by atoms with Gasteiger partial charge in [0.1, 0.15) is 5.82 Å². The number of nitrogens with zero attached hydrogens (tertiary/aromatic N) is 3. The first-order chi connectivity index (χ1) is 7.48. The highest BCUT2D eigenvalue weighted by molar-refractivity contribution is 5.39. The third-order valence-corrected chi connectivity index (χ3v) is 3.08. The molecule has 88 valence electrons. The number of aliphatic hydroxyl groups is 1. The highest BCUT2D eigenvalue weighted by Gasteiger charge is 2.33. The van der Waals surface area contributed by atoms with E-state index in [0.717, 1.165) is 19.4 Å². The van der Waals surface area contributed by atoms with Gasteiger partial charge in [-0.2, -0.15) is 4.98 Å². The first kappa shape index (κ1) is 11.1. The van der Waals surface area contributed by atoms with E-state index < -0.39 is 5.60 Å². The van der Waals surface area contributed by atoms with Crippen LogP contribution in [0.15, 0.2) is 12.3 Å². The summed E-state index contributed by atoms with van der Waals surface area (Å²) in [6.07, 6.45) is 3.12. The Kier molecular flexibility index (Phi) is 2.71. The van der Waals surface area contributed by atoms with Crippen LogP contribution in [0.3, 0.4) is 0 Å². The van der Waals surface area contributed by atoms with E-state index in [1.54, 1.807) is 12.3 Å². The van der Waals surface area contributed by atoms with Gasteiger partial charge in [-0.1, -0.05) is 0 Å². The molecule has 1 saturated heterocycles. The van der Waals surface area contributed by atoms with Crippen molar-refractivity contribution in [3.05, 3.63) is 12.3 Å². The normalized spacial score (nSPS) is 30.4. The molecule has 0 radical (unpaired) electrons. The number of hydrogen-bond acceptors (Lipinski definition) is 5. The molecule has 3 N–H and O–H groups in total. The molecule has 2 rings (SSSR count). The Balaban J connectivity index is 2.17. The maximum Gasteiger partial charge on any atom is 0.227 e. The molecular weight excluding hydrogens is 204 g/mol. The average molecular weight is 222 g/mol. The Morgan fingerprint density at radius 2 is 2.38 bits per heavy atom. The predicted octanol–water partition coefficient (Wildman–Crippen LogP) is 0.798. The summed E-state index contributed by atoms with van der Waals surface area (Å²) < 4.78 is 0. The van der Waals surface area contributed by atoms with Gasteiger partial charge in [0.15, 0.2) is 0 Å². The van der Waals surface area contributed by atoms with Crippen molar-refractivity contribution < 1.29 is 5.11 Å². The van der Waals surface area contributed by atoms with Gasteiger partial charge in [-0.3, -0.25) is 0 Å². The molecule has 2 unspecified atom stereocenters. The molecule has 5 nitrogen and oxygen atoms in total. The molecule has 2 heterocycles. The van der Waals surface area contributed by atoms with Crippen LogP contribution < -0.4 is 10.6 Å². The molecule has 16 heavy (non-hydrogen) atoms. The van der Waals surface area contributed by atoms with Crippen LogP contribution in [-0.4, -0.2) is 33.3 Å². The number of piperidine rings is 1. The highest BCUT2D eigenvalue weighted by Crippen LogP contribution is 2.28. The summed E-state index contributed by atoms with van der Waals surface area (Å²) in [6, 6.07) is 1.90. The fourth-order valence-corrected chi connectivity index (χ4v) is 2.23. The molecule has 2 atom stereocenters. The lowest BCUT2D eigenvalue weighted by Gasteiger charge is -2.40. The minimum absolute atomic E-state index is 0.227. The maximum absolute atomic E-state index is 9.97. The Bertz CT molecular complexity index is 380. The van der Waals surface area contributed by atoms with Crippen LogP contribution in [-0.2, 0) is 0 Å². The van der Waals surface area contributed by atoms with Crippen LogP contribution in [0.5, 0.6) is 0 Å². The fraction of sp³-hybridized carbons (Fsp3) is 0.636. The van der Waals surface area contributed by atoms with Gasteiger partial charge in [0, 0.05) is 18.8 Å². The number of rotatable bonds is 1. The monoisotopic (exact) mass is 222 g/mol. The van der Waals surface area contributed by atoms with Crippen molar-refractivity contribution in [2.75, 3.05) is 17.2 Å². The molecule has 1 aliphatic heterocycles. The molecular formula is C11H18N4O. The van der Waals surface area contributed by atoms with E-state index >= 15 is 0 Å². The van der Waals surface area contributed by atoms with Crippen LogP contribution in [0.1, 0.15) is 26.7 Å². The fourth-order valence-electron chi connectivity index (χ4n) is 2.23. The molecule has 0 aromatic carbocycles. The molecule has 0 spiro atoms. The smallest absolute Gasteiger partial charge is 0.227 e. The first-order valence-electron chi connectivity index (χ1n) is 5.55. The molecule has 0 aliphatic carbocycles. The number of aromatic nitrogens is 2. The van der Waals surface area contributed by atoms with Gasteiger partial charge in [-0.25, -0.2) is 4.98 Å². The molecule has 5 heteroatoms. The van der Waals surface area contributed by atoms with Crippen molar-refractivity contribution in [3.8, 4) is 0 Å². The molecule has 1 fully saturated rings.